The maximum Gasteiger partial charge on any atom is 0.0157 e. The predicted molar refractivity (Wildman–Crippen MR) is 92.7 cm³/mol. The summed E-state index contributed by atoms with van der Waals surface area (Å²) in [5, 5.41) is 0. The molecule has 0 nitrogen and oxygen atoms in total. The average Bonchev–Trinajstić information content (AvgIpc) is 2.12. The first kappa shape index (κ1) is 16.7. The Bertz CT molecular complexity index is 301. The summed E-state index contributed by atoms with van der Waals surface area (Å²) in [6.45, 7) is 6.60. The van der Waals surface area contributed by atoms with Crippen LogP contribution in [0.2, 0.25) is 0 Å². The van der Waals surface area contributed by atoms with Gasteiger partial charge in [-0.15, -0.1) is 0 Å². The molecule has 0 N–H and O–H groups in total. The van der Waals surface area contributed by atoms with Crippen molar-refractivity contribution in [3.8, 4) is 0 Å². The lowest BCUT2D eigenvalue weighted by molar-refractivity contribution is 0.904. The largest absolute Gasteiger partial charge is 0.0890 e. The third-order valence-corrected chi connectivity index (χ3v) is 3.63. The summed E-state index contributed by atoms with van der Waals surface area (Å²) in [5.41, 5.74) is 4.31. The van der Waals surface area contributed by atoms with Gasteiger partial charge in [0.25, 0.3) is 0 Å². The van der Waals surface area contributed by atoms with Gasteiger partial charge >= 0.3 is 0 Å². The van der Waals surface area contributed by atoms with Crippen molar-refractivity contribution in [3.05, 3.63) is 34.9 Å². The second-order valence-corrected chi connectivity index (χ2v) is 9.80. The van der Waals surface area contributed by atoms with Gasteiger partial charge in [-0.1, -0.05) is 86.8 Å². The fourth-order valence-corrected chi connectivity index (χ4v) is 3.29. The summed E-state index contributed by atoms with van der Waals surface area (Å²) in [7, 11) is 0. The van der Waals surface area contributed by atoms with Crippen LogP contribution < -0.4 is 0 Å². The SMILES string of the molecule is CC(Br)Cc1cc(CC(C)Br)cc(CC(C)Br)c1. The van der Waals surface area contributed by atoms with E-state index in [1.165, 1.54) is 16.7 Å². The van der Waals surface area contributed by atoms with Crippen molar-refractivity contribution < 1.29 is 0 Å². The van der Waals surface area contributed by atoms with Crippen molar-refractivity contribution >= 4 is 47.8 Å². The van der Waals surface area contributed by atoms with Crippen LogP contribution >= 0.6 is 47.8 Å². The normalized spacial score (nSPS) is 16.3. The standard InChI is InChI=1S/C15H21Br3/c1-10(16)4-13-7-14(5-11(2)17)9-15(8-13)6-12(3)18/h7-12H,4-6H2,1-3H3. The molecule has 102 valence electrons. The molecule has 0 aliphatic carbocycles. The summed E-state index contributed by atoms with van der Waals surface area (Å²) >= 11 is 10.9. The summed E-state index contributed by atoms with van der Waals surface area (Å²) in [4.78, 5) is 1.59. The quantitative estimate of drug-likeness (QED) is 0.500. The van der Waals surface area contributed by atoms with Crippen molar-refractivity contribution in [3.63, 3.8) is 0 Å². The van der Waals surface area contributed by atoms with Crippen LogP contribution in [0.1, 0.15) is 37.5 Å². The minimum atomic E-state index is 0.531. The van der Waals surface area contributed by atoms with Crippen LogP contribution in [0.5, 0.6) is 0 Å². The average molecular weight is 441 g/mol. The Labute approximate surface area is 136 Å². The predicted octanol–water partition coefficient (Wildman–Crippen LogP) is 5.66. The van der Waals surface area contributed by atoms with Gasteiger partial charge in [-0.2, -0.15) is 0 Å². The third kappa shape index (κ3) is 6.72. The summed E-state index contributed by atoms with van der Waals surface area (Å²) in [6.07, 6.45) is 3.27. The van der Waals surface area contributed by atoms with Gasteiger partial charge in [0.15, 0.2) is 0 Å². The van der Waals surface area contributed by atoms with Crippen LogP contribution in [0, 0.1) is 0 Å². The Balaban J connectivity index is 2.95. The van der Waals surface area contributed by atoms with E-state index in [4.69, 9.17) is 0 Å². The first-order valence-corrected chi connectivity index (χ1v) is 9.15. The molecule has 0 fully saturated rings. The fourth-order valence-electron chi connectivity index (χ4n) is 2.17. The molecule has 0 aromatic heterocycles. The first-order chi connectivity index (χ1) is 8.36. The van der Waals surface area contributed by atoms with Gasteiger partial charge < -0.3 is 0 Å². The van der Waals surface area contributed by atoms with E-state index >= 15 is 0 Å². The van der Waals surface area contributed by atoms with E-state index in [0.717, 1.165) is 19.3 Å². The Hall–Kier alpha value is 0.660. The van der Waals surface area contributed by atoms with E-state index in [2.05, 4.69) is 86.8 Å². The van der Waals surface area contributed by atoms with Crippen LogP contribution in [-0.4, -0.2) is 14.5 Å². The van der Waals surface area contributed by atoms with Gasteiger partial charge in [-0.05, 0) is 36.0 Å². The minimum absolute atomic E-state index is 0.531. The lowest BCUT2D eigenvalue weighted by Crippen LogP contribution is -2.04. The second-order valence-electron chi connectivity index (χ2n) is 5.11. The Morgan fingerprint density at radius 1 is 0.667 bits per heavy atom. The van der Waals surface area contributed by atoms with E-state index in [9.17, 15) is 0 Å². The van der Waals surface area contributed by atoms with Crippen LogP contribution in [0.15, 0.2) is 18.2 Å². The summed E-state index contributed by atoms with van der Waals surface area (Å²) in [5.74, 6) is 0. The fraction of sp³-hybridized carbons (Fsp3) is 0.600. The van der Waals surface area contributed by atoms with Crippen molar-refractivity contribution in [1.82, 2.24) is 0 Å². The number of hydrogen-bond donors (Lipinski definition) is 0. The molecule has 1 rings (SSSR count). The zero-order valence-corrected chi connectivity index (χ0v) is 16.0. The number of rotatable bonds is 6. The Kier molecular flexibility index (Phi) is 7.48. The van der Waals surface area contributed by atoms with Gasteiger partial charge in [-0.25, -0.2) is 0 Å². The lowest BCUT2D eigenvalue weighted by Gasteiger charge is -2.13. The number of hydrogen-bond acceptors (Lipinski definition) is 0. The first-order valence-electron chi connectivity index (χ1n) is 6.40. The van der Waals surface area contributed by atoms with E-state index in [0.29, 0.717) is 14.5 Å². The van der Waals surface area contributed by atoms with Gasteiger partial charge in [0, 0.05) is 14.5 Å². The third-order valence-electron chi connectivity index (χ3n) is 2.66. The van der Waals surface area contributed by atoms with E-state index in [-0.39, 0.29) is 0 Å². The molecule has 0 aliphatic rings. The van der Waals surface area contributed by atoms with Crippen molar-refractivity contribution in [2.45, 2.75) is 54.5 Å². The molecule has 0 aliphatic heterocycles. The maximum atomic E-state index is 3.64. The molecule has 0 amide bonds. The van der Waals surface area contributed by atoms with Crippen LogP contribution in [0.25, 0.3) is 0 Å². The topological polar surface area (TPSA) is 0 Å². The second kappa shape index (κ2) is 8.06. The molecule has 0 heterocycles. The highest BCUT2D eigenvalue weighted by molar-refractivity contribution is 9.10. The number of benzene rings is 1. The van der Waals surface area contributed by atoms with Crippen LogP contribution in [-0.2, 0) is 19.3 Å². The molecule has 1 aromatic rings. The van der Waals surface area contributed by atoms with E-state index < -0.39 is 0 Å². The molecule has 0 radical (unpaired) electrons. The highest BCUT2D eigenvalue weighted by Crippen LogP contribution is 2.20. The molecule has 18 heavy (non-hydrogen) atoms. The van der Waals surface area contributed by atoms with Gasteiger partial charge in [0.05, 0.1) is 0 Å². The van der Waals surface area contributed by atoms with E-state index in [1.807, 2.05) is 0 Å². The van der Waals surface area contributed by atoms with Crippen LogP contribution in [0.3, 0.4) is 0 Å². The molecule has 3 atom stereocenters. The van der Waals surface area contributed by atoms with Gasteiger partial charge in [0.1, 0.15) is 0 Å². The number of halogens is 3. The summed E-state index contributed by atoms with van der Waals surface area (Å²) < 4.78 is 0. The molecule has 0 saturated heterocycles. The molecule has 1 aromatic carbocycles. The molecular weight excluding hydrogens is 420 g/mol. The molecule has 3 heteroatoms. The molecule has 3 unspecified atom stereocenters. The summed E-state index contributed by atoms with van der Waals surface area (Å²) in [6, 6.07) is 7.04. The highest BCUT2D eigenvalue weighted by atomic mass is 79.9. The molecule has 0 bridgehead atoms. The number of alkyl halides is 3. The smallest absolute Gasteiger partial charge is 0.0157 e. The Morgan fingerprint density at radius 3 is 1.06 bits per heavy atom. The van der Waals surface area contributed by atoms with E-state index in [1.54, 1.807) is 0 Å². The molecular formula is C15H21Br3. The minimum Gasteiger partial charge on any atom is -0.0890 e. The zero-order chi connectivity index (χ0) is 13.7. The van der Waals surface area contributed by atoms with Gasteiger partial charge in [-0.3, -0.25) is 0 Å². The van der Waals surface area contributed by atoms with Crippen LogP contribution in [0.4, 0.5) is 0 Å². The molecule has 0 saturated carbocycles. The monoisotopic (exact) mass is 438 g/mol. The molecule has 0 spiro atoms. The Morgan fingerprint density at radius 2 is 0.889 bits per heavy atom. The van der Waals surface area contributed by atoms with Crippen molar-refractivity contribution in [2.24, 2.45) is 0 Å². The lowest BCUT2D eigenvalue weighted by atomic mass is 9.98. The van der Waals surface area contributed by atoms with Crippen molar-refractivity contribution in [1.29, 1.82) is 0 Å². The highest BCUT2D eigenvalue weighted by Gasteiger charge is 2.08. The van der Waals surface area contributed by atoms with Gasteiger partial charge in [0.2, 0.25) is 0 Å². The van der Waals surface area contributed by atoms with Crippen molar-refractivity contribution in [2.75, 3.05) is 0 Å². The zero-order valence-electron chi connectivity index (χ0n) is 11.2. The maximum absolute atomic E-state index is 3.64.